The maximum absolute atomic E-state index is 12.3. The summed E-state index contributed by atoms with van der Waals surface area (Å²) in [4.78, 5) is 18.6. The van der Waals surface area contributed by atoms with Crippen LogP contribution in [0.3, 0.4) is 0 Å². The fraction of sp³-hybridized carbons (Fsp3) is 0.429. The minimum atomic E-state index is -0.0452. The summed E-state index contributed by atoms with van der Waals surface area (Å²) < 4.78 is 0. The smallest absolute Gasteiger partial charge is 0.169 e. The maximum atomic E-state index is 12.3. The van der Waals surface area contributed by atoms with Gasteiger partial charge in [0.2, 0.25) is 0 Å². The first-order valence-electron chi connectivity index (χ1n) is 6.01. The minimum Gasteiger partial charge on any atom is -0.383 e. The molecule has 1 aromatic heterocycles. The molecule has 1 heterocycles. The number of nitrogens with zero attached hydrogens (tertiary/aromatic N) is 2. The van der Waals surface area contributed by atoms with Crippen molar-refractivity contribution in [1.82, 2.24) is 9.88 Å². The van der Waals surface area contributed by atoms with E-state index in [9.17, 15) is 4.79 Å². The normalized spacial score (nSPS) is 22.8. The van der Waals surface area contributed by atoms with Crippen LogP contribution in [0.25, 0.3) is 0 Å². The number of Topliss-reactive ketones (excluding diaryl/α,β-unsaturated/α-hetero) is 1. The molecule has 1 aliphatic rings. The molecule has 1 fully saturated rings. The molecule has 0 bridgehead atoms. The molecule has 1 aromatic rings. The summed E-state index contributed by atoms with van der Waals surface area (Å²) in [6.45, 7) is 0. The highest BCUT2D eigenvalue weighted by Crippen LogP contribution is 2.31. The van der Waals surface area contributed by atoms with Crippen LogP contribution in [-0.2, 0) is 4.79 Å². The summed E-state index contributed by atoms with van der Waals surface area (Å²) in [5.74, 6) is 0.194. The van der Waals surface area contributed by atoms with Crippen LogP contribution in [0.4, 0.5) is 0 Å². The summed E-state index contributed by atoms with van der Waals surface area (Å²) in [6, 6.07) is 5.77. The summed E-state index contributed by atoms with van der Waals surface area (Å²) in [6.07, 6.45) is 6.57. The largest absolute Gasteiger partial charge is 0.383 e. The molecule has 1 aliphatic carbocycles. The highest BCUT2D eigenvalue weighted by molar-refractivity contribution is 6.00. The second-order valence-electron chi connectivity index (χ2n) is 4.68. The van der Waals surface area contributed by atoms with Crippen molar-refractivity contribution in [3.05, 3.63) is 41.9 Å². The molecule has 0 aliphatic heterocycles. The SMILES string of the molecule is CN(C)C=C1CCCC(c2ccccn2)C1=O. The molecule has 0 amide bonds. The van der Waals surface area contributed by atoms with Crippen molar-refractivity contribution in [2.75, 3.05) is 14.1 Å². The lowest BCUT2D eigenvalue weighted by Crippen LogP contribution is -2.22. The van der Waals surface area contributed by atoms with Crippen LogP contribution in [-0.4, -0.2) is 29.8 Å². The van der Waals surface area contributed by atoms with Crippen LogP contribution in [0.2, 0.25) is 0 Å². The Kier molecular flexibility index (Phi) is 3.57. The van der Waals surface area contributed by atoms with Gasteiger partial charge in [-0.2, -0.15) is 0 Å². The van der Waals surface area contributed by atoms with Gasteiger partial charge in [0.25, 0.3) is 0 Å². The Bertz CT molecular complexity index is 423. The average molecular weight is 230 g/mol. The van der Waals surface area contributed by atoms with Crippen LogP contribution in [0.15, 0.2) is 36.2 Å². The van der Waals surface area contributed by atoms with Gasteiger partial charge < -0.3 is 4.90 Å². The molecule has 0 saturated heterocycles. The number of carbonyl (C=O) groups excluding carboxylic acids is 1. The molecule has 3 nitrogen and oxygen atoms in total. The lowest BCUT2D eigenvalue weighted by molar-refractivity contribution is -0.118. The standard InChI is InChI=1S/C14H18N2O/c1-16(2)10-11-6-5-7-12(14(11)17)13-8-3-4-9-15-13/h3-4,8-10,12H,5-7H2,1-2H3. The molecule has 1 atom stereocenters. The van der Waals surface area contributed by atoms with Crippen molar-refractivity contribution in [3.63, 3.8) is 0 Å². The Hall–Kier alpha value is -1.64. The Morgan fingerprint density at radius 2 is 2.24 bits per heavy atom. The van der Waals surface area contributed by atoms with Crippen molar-refractivity contribution in [2.24, 2.45) is 0 Å². The Morgan fingerprint density at radius 1 is 1.41 bits per heavy atom. The Labute approximate surface area is 102 Å². The molecule has 0 radical (unpaired) electrons. The highest BCUT2D eigenvalue weighted by atomic mass is 16.1. The summed E-state index contributed by atoms with van der Waals surface area (Å²) in [7, 11) is 3.90. The first kappa shape index (κ1) is 11.8. The molecule has 90 valence electrons. The molecule has 1 saturated carbocycles. The lowest BCUT2D eigenvalue weighted by atomic mass is 9.82. The summed E-state index contributed by atoms with van der Waals surface area (Å²) in [5, 5.41) is 0. The minimum absolute atomic E-state index is 0.0452. The molecular weight excluding hydrogens is 212 g/mol. The molecular formula is C14H18N2O. The third kappa shape index (κ3) is 2.73. The van der Waals surface area contributed by atoms with Gasteiger partial charge in [-0.1, -0.05) is 6.07 Å². The van der Waals surface area contributed by atoms with E-state index in [1.165, 1.54) is 0 Å². The molecule has 1 unspecified atom stereocenters. The van der Waals surface area contributed by atoms with Crippen LogP contribution in [0.5, 0.6) is 0 Å². The number of hydrogen-bond donors (Lipinski definition) is 0. The van der Waals surface area contributed by atoms with Crippen LogP contribution in [0.1, 0.15) is 30.9 Å². The number of hydrogen-bond acceptors (Lipinski definition) is 3. The quantitative estimate of drug-likeness (QED) is 0.731. The van der Waals surface area contributed by atoms with E-state index < -0.39 is 0 Å². The van der Waals surface area contributed by atoms with Gasteiger partial charge in [-0.05, 0) is 31.4 Å². The number of pyridine rings is 1. The van der Waals surface area contributed by atoms with Crippen LogP contribution in [0, 0.1) is 0 Å². The van der Waals surface area contributed by atoms with Crippen LogP contribution >= 0.6 is 0 Å². The average Bonchev–Trinajstić information content (AvgIpc) is 2.32. The van der Waals surface area contributed by atoms with E-state index in [1.54, 1.807) is 6.20 Å². The predicted molar refractivity (Wildman–Crippen MR) is 67.6 cm³/mol. The monoisotopic (exact) mass is 230 g/mol. The van der Waals surface area contributed by atoms with Gasteiger partial charge >= 0.3 is 0 Å². The molecule has 17 heavy (non-hydrogen) atoms. The van der Waals surface area contributed by atoms with Crippen LogP contribution < -0.4 is 0 Å². The number of carbonyl (C=O) groups is 1. The van der Waals surface area contributed by atoms with E-state index in [1.807, 2.05) is 43.4 Å². The van der Waals surface area contributed by atoms with Gasteiger partial charge in [-0.3, -0.25) is 9.78 Å². The van der Waals surface area contributed by atoms with Crippen molar-refractivity contribution in [3.8, 4) is 0 Å². The third-order valence-electron chi connectivity index (χ3n) is 3.03. The van der Waals surface area contributed by atoms with E-state index in [0.29, 0.717) is 0 Å². The van der Waals surface area contributed by atoms with E-state index >= 15 is 0 Å². The maximum Gasteiger partial charge on any atom is 0.169 e. The molecule has 2 rings (SSSR count). The first-order valence-corrected chi connectivity index (χ1v) is 6.01. The van der Waals surface area contributed by atoms with E-state index in [4.69, 9.17) is 0 Å². The van der Waals surface area contributed by atoms with Gasteiger partial charge in [0.1, 0.15) is 0 Å². The second kappa shape index (κ2) is 5.13. The van der Waals surface area contributed by atoms with Gasteiger partial charge in [-0.25, -0.2) is 0 Å². The Balaban J connectivity index is 2.23. The number of rotatable bonds is 2. The third-order valence-corrected chi connectivity index (χ3v) is 3.03. The van der Waals surface area contributed by atoms with Gasteiger partial charge in [-0.15, -0.1) is 0 Å². The zero-order chi connectivity index (χ0) is 12.3. The molecule has 0 N–H and O–H groups in total. The van der Waals surface area contributed by atoms with Gasteiger partial charge in [0.05, 0.1) is 11.6 Å². The van der Waals surface area contributed by atoms with Crippen molar-refractivity contribution >= 4 is 5.78 Å². The van der Waals surface area contributed by atoms with E-state index in [-0.39, 0.29) is 11.7 Å². The second-order valence-corrected chi connectivity index (χ2v) is 4.68. The van der Waals surface area contributed by atoms with E-state index in [2.05, 4.69) is 4.98 Å². The first-order chi connectivity index (χ1) is 8.18. The number of aromatic nitrogens is 1. The topological polar surface area (TPSA) is 33.2 Å². The zero-order valence-corrected chi connectivity index (χ0v) is 10.4. The van der Waals surface area contributed by atoms with Crippen molar-refractivity contribution in [1.29, 1.82) is 0 Å². The molecule has 0 spiro atoms. The number of ketones is 1. The molecule has 3 heteroatoms. The Morgan fingerprint density at radius 3 is 2.88 bits per heavy atom. The predicted octanol–water partition coefficient (Wildman–Crippen LogP) is 2.36. The van der Waals surface area contributed by atoms with Crippen molar-refractivity contribution < 1.29 is 4.79 Å². The fourth-order valence-corrected chi connectivity index (χ4v) is 2.28. The highest BCUT2D eigenvalue weighted by Gasteiger charge is 2.28. The number of allylic oxidation sites excluding steroid dienone is 1. The van der Waals surface area contributed by atoms with E-state index in [0.717, 1.165) is 30.5 Å². The fourth-order valence-electron chi connectivity index (χ4n) is 2.28. The lowest BCUT2D eigenvalue weighted by Gasteiger charge is -2.23. The van der Waals surface area contributed by atoms with Gasteiger partial charge in [0.15, 0.2) is 5.78 Å². The van der Waals surface area contributed by atoms with Crippen molar-refractivity contribution in [2.45, 2.75) is 25.2 Å². The summed E-state index contributed by atoms with van der Waals surface area (Å²) >= 11 is 0. The van der Waals surface area contributed by atoms with Gasteiger partial charge in [0, 0.05) is 32.1 Å². The molecule has 0 aromatic carbocycles. The summed E-state index contributed by atoms with van der Waals surface area (Å²) in [5.41, 5.74) is 1.83. The zero-order valence-electron chi connectivity index (χ0n) is 10.4.